The number of anilines is 1. The summed E-state index contributed by atoms with van der Waals surface area (Å²) in [6.45, 7) is 7.74. The van der Waals surface area contributed by atoms with Crippen LogP contribution in [-0.2, 0) is 10.0 Å². The predicted octanol–water partition coefficient (Wildman–Crippen LogP) is 3.72. The fourth-order valence-electron chi connectivity index (χ4n) is 2.01. The first-order chi connectivity index (χ1) is 9.29. The minimum atomic E-state index is -3.54. The van der Waals surface area contributed by atoms with Crippen molar-refractivity contribution in [1.82, 2.24) is 0 Å². The topological polar surface area (TPSA) is 46.2 Å². The second-order valence-corrected chi connectivity index (χ2v) is 6.85. The van der Waals surface area contributed by atoms with E-state index in [9.17, 15) is 8.42 Å². The first kappa shape index (κ1) is 14.6. The Balaban J connectivity index is 2.38. The summed E-state index contributed by atoms with van der Waals surface area (Å²) in [6.07, 6.45) is 0. The lowest BCUT2D eigenvalue weighted by atomic mass is 10.1. The summed E-state index contributed by atoms with van der Waals surface area (Å²) >= 11 is 0. The van der Waals surface area contributed by atoms with E-state index >= 15 is 0 Å². The standard InChI is InChI=1S/C16H19NO2S/c1-11-5-8-16(14(4)9-11)17-20(18,19)15-7-6-12(2)13(3)10-15/h5-10,17H,1-4H3. The van der Waals surface area contributed by atoms with Crippen molar-refractivity contribution in [3.05, 3.63) is 58.7 Å². The van der Waals surface area contributed by atoms with Gasteiger partial charge in [-0.2, -0.15) is 0 Å². The van der Waals surface area contributed by atoms with E-state index in [1.54, 1.807) is 18.2 Å². The van der Waals surface area contributed by atoms with Gasteiger partial charge in [0.15, 0.2) is 0 Å². The quantitative estimate of drug-likeness (QED) is 0.936. The molecule has 0 spiro atoms. The maximum Gasteiger partial charge on any atom is 0.261 e. The maximum atomic E-state index is 12.4. The predicted molar refractivity (Wildman–Crippen MR) is 82.6 cm³/mol. The number of hydrogen-bond acceptors (Lipinski definition) is 2. The average molecular weight is 289 g/mol. The van der Waals surface area contributed by atoms with E-state index in [2.05, 4.69) is 4.72 Å². The third-order valence-corrected chi connectivity index (χ3v) is 4.78. The summed E-state index contributed by atoms with van der Waals surface area (Å²) in [5.74, 6) is 0. The molecule has 2 aromatic carbocycles. The van der Waals surface area contributed by atoms with Gasteiger partial charge in [0, 0.05) is 0 Å². The molecule has 2 rings (SSSR count). The summed E-state index contributed by atoms with van der Waals surface area (Å²) in [4.78, 5) is 0.292. The molecule has 0 aliphatic heterocycles. The van der Waals surface area contributed by atoms with Gasteiger partial charge in [0.2, 0.25) is 0 Å². The minimum Gasteiger partial charge on any atom is -0.279 e. The van der Waals surface area contributed by atoms with E-state index in [0.717, 1.165) is 22.3 Å². The van der Waals surface area contributed by atoms with Crippen LogP contribution in [0.1, 0.15) is 22.3 Å². The van der Waals surface area contributed by atoms with Crippen molar-refractivity contribution in [2.75, 3.05) is 4.72 Å². The Bertz CT molecular complexity index is 749. The zero-order chi connectivity index (χ0) is 14.9. The van der Waals surface area contributed by atoms with Gasteiger partial charge >= 0.3 is 0 Å². The molecule has 0 saturated carbocycles. The summed E-state index contributed by atoms with van der Waals surface area (Å²) in [5.41, 5.74) is 4.69. The summed E-state index contributed by atoms with van der Waals surface area (Å²) < 4.78 is 27.4. The van der Waals surface area contributed by atoms with Crippen LogP contribution in [0.2, 0.25) is 0 Å². The van der Waals surface area contributed by atoms with Crippen LogP contribution in [0.15, 0.2) is 41.3 Å². The molecule has 3 nitrogen and oxygen atoms in total. The molecule has 4 heteroatoms. The lowest BCUT2D eigenvalue weighted by molar-refractivity contribution is 0.601. The Labute approximate surface area is 120 Å². The van der Waals surface area contributed by atoms with Crippen molar-refractivity contribution in [3.8, 4) is 0 Å². The largest absolute Gasteiger partial charge is 0.279 e. The van der Waals surface area contributed by atoms with Gasteiger partial charge in [-0.1, -0.05) is 23.8 Å². The van der Waals surface area contributed by atoms with Crippen LogP contribution in [0.25, 0.3) is 0 Å². The van der Waals surface area contributed by atoms with Crippen LogP contribution < -0.4 is 4.72 Å². The maximum absolute atomic E-state index is 12.4. The van der Waals surface area contributed by atoms with Gasteiger partial charge in [-0.15, -0.1) is 0 Å². The highest BCUT2D eigenvalue weighted by molar-refractivity contribution is 7.92. The Kier molecular flexibility index (Phi) is 3.86. The number of hydrogen-bond donors (Lipinski definition) is 1. The zero-order valence-electron chi connectivity index (χ0n) is 12.2. The van der Waals surface area contributed by atoms with Gasteiger partial charge < -0.3 is 0 Å². The molecule has 1 N–H and O–H groups in total. The minimum absolute atomic E-state index is 0.292. The second kappa shape index (κ2) is 5.29. The molecule has 2 aromatic rings. The van der Waals surface area contributed by atoms with E-state index in [0.29, 0.717) is 10.6 Å². The van der Waals surface area contributed by atoms with E-state index in [1.165, 1.54) is 0 Å². The number of sulfonamides is 1. The molecule has 0 unspecified atom stereocenters. The van der Waals surface area contributed by atoms with Crippen LogP contribution in [0.3, 0.4) is 0 Å². The van der Waals surface area contributed by atoms with Gasteiger partial charge in [-0.3, -0.25) is 4.72 Å². The highest BCUT2D eigenvalue weighted by atomic mass is 32.2. The second-order valence-electron chi connectivity index (χ2n) is 5.17. The molecule has 0 amide bonds. The van der Waals surface area contributed by atoms with E-state index in [-0.39, 0.29) is 0 Å². The normalized spacial score (nSPS) is 11.4. The molecular formula is C16H19NO2S. The third-order valence-electron chi connectivity index (χ3n) is 3.41. The van der Waals surface area contributed by atoms with Gasteiger partial charge in [0.1, 0.15) is 0 Å². The lowest BCUT2D eigenvalue weighted by Crippen LogP contribution is -2.14. The lowest BCUT2D eigenvalue weighted by Gasteiger charge is -2.12. The van der Waals surface area contributed by atoms with Crippen LogP contribution in [0.4, 0.5) is 5.69 Å². The SMILES string of the molecule is Cc1ccc(NS(=O)(=O)c2ccc(C)c(C)c2)c(C)c1. The third kappa shape index (κ3) is 3.02. The highest BCUT2D eigenvalue weighted by Crippen LogP contribution is 2.22. The van der Waals surface area contributed by atoms with Crippen molar-refractivity contribution in [3.63, 3.8) is 0 Å². The van der Waals surface area contributed by atoms with Crippen molar-refractivity contribution in [2.45, 2.75) is 32.6 Å². The van der Waals surface area contributed by atoms with Gasteiger partial charge in [-0.25, -0.2) is 8.42 Å². The molecular weight excluding hydrogens is 270 g/mol. The summed E-state index contributed by atoms with van der Waals surface area (Å²) in [6, 6.07) is 10.8. The van der Waals surface area contributed by atoms with E-state index in [4.69, 9.17) is 0 Å². The Morgan fingerprint density at radius 1 is 0.800 bits per heavy atom. The zero-order valence-corrected chi connectivity index (χ0v) is 13.0. The van der Waals surface area contributed by atoms with Gasteiger partial charge in [-0.05, 0) is 62.6 Å². The van der Waals surface area contributed by atoms with Crippen molar-refractivity contribution in [1.29, 1.82) is 0 Å². The van der Waals surface area contributed by atoms with E-state index < -0.39 is 10.0 Å². The molecule has 0 aliphatic rings. The monoisotopic (exact) mass is 289 g/mol. The van der Waals surface area contributed by atoms with Gasteiger partial charge in [0.25, 0.3) is 10.0 Å². The number of rotatable bonds is 3. The van der Waals surface area contributed by atoms with Crippen molar-refractivity contribution < 1.29 is 8.42 Å². The van der Waals surface area contributed by atoms with Crippen molar-refractivity contribution >= 4 is 15.7 Å². The summed E-state index contributed by atoms with van der Waals surface area (Å²) in [7, 11) is -3.54. The van der Waals surface area contributed by atoms with Crippen LogP contribution in [0, 0.1) is 27.7 Å². The fourth-order valence-corrected chi connectivity index (χ4v) is 3.23. The van der Waals surface area contributed by atoms with Gasteiger partial charge in [0.05, 0.1) is 10.6 Å². The molecule has 106 valence electrons. The first-order valence-electron chi connectivity index (χ1n) is 6.47. The van der Waals surface area contributed by atoms with Crippen LogP contribution >= 0.6 is 0 Å². The average Bonchev–Trinajstić information content (AvgIpc) is 2.36. The number of aryl methyl sites for hydroxylation is 4. The van der Waals surface area contributed by atoms with E-state index in [1.807, 2.05) is 45.9 Å². The Hall–Kier alpha value is -1.81. The molecule has 0 aliphatic carbocycles. The van der Waals surface area contributed by atoms with Crippen LogP contribution in [0.5, 0.6) is 0 Å². The molecule has 0 bridgehead atoms. The highest BCUT2D eigenvalue weighted by Gasteiger charge is 2.15. The summed E-state index contributed by atoms with van der Waals surface area (Å²) in [5, 5.41) is 0. The molecule has 0 fully saturated rings. The molecule has 0 atom stereocenters. The molecule has 0 saturated heterocycles. The fraction of sp³-hybridized carbons (Fsp3) is 0.250. The molecule has 0 radical (unpaired) electrons. The molecule has 0 heterocycles. The smallest absolute Gasteiger partial charge is 0.261 e. The Morgan fingerprint density at radius 2 is 1.50 bits per heavy atom. The first-order valence-corrected chi connectivity index (χ1v) is 7.95. The molecule has 0 aromatic heterocycles. The Morgan fingerprint density at radius 3 is 2.10 bits per heavy atom. The number of nitrogens with one attached hydrogen (secondary N) is 1. The molecule has 20 heavy (non-hydrogen) atoms. The van der Waals surface area contributed by atoms with Crippen LogP contribution in [-0.4, -0.2) is 8.42 Å². The van der Waals surface area contributed by atoms with Crippen molar-refractivity contribution in [2.24, 2.45) is 0 Å². The number of benzene rings is 2.